The fourth-order valence-electron chi connectivity index (χ4n) is 7.29. The first kappa shape index (κ1) is 23.6. The summed E-state index contributed by atoms with van der Waals surface area (Å²) in [4.78, 5) is 5.28. The smallest absolute Gasteiger partial charge is 0.149 e. The minimum Gasteiger partial charge on any atom is -0.455 e. The Balaban J connectivity index is 1.27. The van der Waals surface area contributed by atoms with Crippen molar-refractivity contribution >= 4 is 54.5 Å². The summed E-state index contributed by atoms with van der Waals surface area (Å²) in [6.07, 6.45) is 0. The van der Waals surface area contributed by atoms with Gasteiger partial charge in [0.1, 0.15) is 17.0 Å². The van der Waals surface area contributed by atoms with Gasteiger partial charge in [0, 0.05) is 10.8 Å². The number of hydrogen-bond acceptors (Lipinski definition) is 2. The molecular formula is C45H36N2O. The Bertz CT molecular complexity index is 2920. The van der Waals surface area contributed by atoms with Crippen LogP contribution < -0.4 is 0 Å². The summed E-state index contributed by atoms with van der Waals surface area (Å²) in [7, 11) is 0. The van der Waals surface area contributed by atoms with E-state index in [4.69, 9.17) is 16.3 Å². The topological polar surface area (TPSA) is 31.0 Å². The minimum atomic E-state index is -0.397. The van der Waals surface area contributed by atoms with Gasteiger partial charge in [0.2, 0.25) is 0 Å². The van der Waals surface area contributed by atoms with Gasteiger partial charge in [-0.1, -0.05) is 125 Å². The van der Waals surface area contributed by atoms with Gasteiger partial charge >= 0.3 is 0 Å². The Labute approximate surface area is 287 Å². The summed E-state index contributed by atoms with van der Waals surface area (Å²) in [5.41, 5.74) is 8.90. The Kier molecular flexibility index (Phi) is 5.39. The number of hydrogen-bond donors (Lipinski definition) is 0. The molecule has 48 heavy (non-hydrogen) atoms. The van der Waals surface area contributed by atoms with Gasteiger partial charge in [0.05, 0.1) is 29.1 Å². The number of nitrogens with zero attached hydrogens (tertiary/aromatic N) is 2. The predicted octanol–water partition coefficient (Wildman–Crippen LogP) is 12.8. The van der Waals surface area contributed by atoms with Gasteiger partial charge in [0.15, 0.2) is 0 Å². The Hall–Kier alpha value is -5.67. The molecule has 0 amide bonds. The average molecular weight is 626 g/mol. The van der Waals surface area contributed by atoms with Gasteiger partial charge in [-0.3, -0.25) is 4.57 Å². The number of furan rings is 1. The van der Waals surface area contributed by atoms with Crippen molar-refractivity contribution < 1.29 is 11.3 Å². The van der Waals surface area contributed by atoms with Crippen molar-refractivity contribution in [3.05, 3.63) is 144 Å². The second-order valence-corrected chi connectivity index (χ2v) is 13.2. The van der Waals surface area contributed by atoms with Crippen LogP contribution in [0, 0.1) is 0 Å². The molecule has 0 spiro atoms. The van der Waals surface area contributed by atoms with Crippen LogP contribution in [0.25, 0.3) is 82.7 Å². The summed E-state index contributed by atoms with van der Waals surface area (Å²) >= 11 is 0. The highest BCUT2D eigenvalue weighted by Crippen LogP contribution is 2.42. The molecule has 0 N–H and O–H groups in total. The van der Waals surface area contributed by atoms with Gasteiger partial charge in [-0.2, -0.15) is 0 Å². The zero-order chi connectivity index (χ0) is 36.9. The first-order chi connectivity index (χ1) is 25.5. The van der Waals surface area contributed by atoms with Gasteiger partial charge in [-0.25, -0.2) is 4.98 Å². The molecule has 0 radical (unpaired) electrons. The van der Waals surface area contributed by atoms with Crippen LogP contribution in [0.5, 0.6) is 0 Å². The Morgan fingerprint density at radius 2 is 1.35 bits per heavy atom. The van der Waals surface area contributed by atoms with Crippen molar-refractivity contribution in [2.24, 2.45) is 0 Å². The van der Waals surface area contributed by atoms with Crippen molar-refractivity contribution in [3.63, 3.8) is 0 Å². The highest BCUT2D eigenvalue weighted by molar-refractivity contribution is 6.17. The molecule has 0 saturated carbocycles. The number of benzene rings is 7. The van der Waals surface area contributed by atoms with Crippen molar-refractivity contribution in [3.8, 4) is 28.2 Å². The molecule has 2 aromatic heterocycles. The van der Waals surface area contributed by atoms with Crippen LogP contribution in [0.15, 0.2) is 138 Å². The summed E-state index contributed by atoms with van der Waals surface area (Å²) in [5, 5.41) is 5.95. The third-order valence-electron chi connectivity index (χ3n) is 9.61. The van der Waals surface area contributed by atoms with Crippen LogP contribution in [0.2, 0.25) is 0 Å². The van der Waals surface area contributed by atoms with Crippen LogP contribution in [0.3, 0.4) is 0 Å². The molecule has 0 saturated heterocycles. The van der Waals surface area contributed by atoms with E-state index in [1.807, 2.05) is 30.3 Å². The van der Waals surface area contributed by atoms with Crippen LogP contribution in [0.1, 0.15) is 57.5 Å². The first-order valence-corrected chi connectivity index (χ1v) is 16.5. The maximum Gasteiger partial charge on any atom is 0.149 e. The van der Waals surface area contributed by atoms with Crippen molar-refractivity contribution in [2.75, 3.05) is 0 Å². The van der Waals surface area contributed by atoms with E-state index in [0.717, 1.165) is 65.9 Å². The maximum atomic E-state index is 8.50. The summed E-state index contributed by atoms with van der Waals surface area (Å²) in [6, 6.07) is 33.8. The van der Waals surface area contributed by atoms with Crippen LogP contribution in [0.4, 0.5) is 0 Å². The first-order valence-electron chi connectivity index (χ1n) is 19.0. The monoisotopic (exact) mass is 625 g/mol. The van der Waals surface area contributed by atoms with E-state index in [2.05, 4.69) is 105 Å². The summed E-state index contributed by atoms with van der Waals surface area (Å²) in [5.74, 6) is 1.44. The van der Waals surface area contributed by atoms with E-state index < -0.39 is 6.04 Å². The molecule has 9 rings (SSSR count). The Morgan fingerprint density at radius 1 is 0.625 bits per heavy atom. The van der Waals surface area contributed by atoms with Crippen LogP contribution in [-0.2, 0) is 0 Å². The van der Waals surface area contributed by atoms with E-state index in [1.165, 1.54) is 16.8 Å². The zero-order valence-corrected chi connectivity index (χ0v) is 27.3. The van der Waals surface area contributed by atoms with E-state index in [-0.39, 0.29) is 29.7 Å². The normalized spacial score (nSPS) is 13.6. The lowest BCUT2D eigenvalue weighted by atomic mass is 9.92. The zero-order valence-electron chi connectivity index (χ0n) is 32.3. The fourth-order valence-corrected chi connectivity index (χ4v) is 7.29. The molecule has 0 aliphatic carbocycles. The van der Waals surface area contributed by atoms with E-state index in [9.17, 15) is 0 Å². The predicted molar refractivity (Wildman–Crippen MR) is 202 cm³/mol. The Morgan fingerprint density at radius 3 is 2.12 bits per heavy atom. The SMILES string of the molecule is [2H]c1c([2H])c([2H])c(-c2ccc3c(ccc4cc5c(cc43)oc3c(-c4nc6ccccc6n4-c4c(C(C)C)cccc4C(C)C)cccc35)c2)c([2H])c1[2H]. The maximum absolute atomic E-state index is 8.50. The lowest BCUT2D eigenvalue weighted by Crippen LogP contribution is -2.08. The van der Waals surface area contributed by atoms with Crippen molar-refractivity contribution in [1.82, 2.24) is 9.55 Å². The molecule has 7 aromatic carbocycles. The average Bonchev–Trinajstić information content (AvgIpc) is 3.73. The van der Waals surface area contributed by atoms with Crippen molar-refractivity contribution in [2.45, 2.75) is 39.5 Å². The van der Waals surface area contributed by atoms with Crippen molar-refractivity contribution in [1.29, 1.82) is 0 Å². The molecule has 0 atom stereocenters. The number of aromatic nitrogens is 2. The lowest BCUT2D eigenvalue weighted by Gasteiger charge is -2.22. The number of para-hydroxylation sites is 4. The van der Waals surface area contributed by atoms with Gasteiger partial charge < -0.3 is 4.42 Å². The molecule has 0 bridgehead atoms. The van der Waals surface area contributed by atoms with Gasteiger partial charge in [-0.15, -0.1) is 0 Å². The minimum absolute atomic E-state index is 0.195. The van der Waals surface area contributed by atoms with E-state index >= 15 is 0 Å². The largest absolute Gasteiger partial charge is 0.455 e. The van der Waals surface area contributed by atoms with E-state index in [0.29, 0.717) is 17.4 Å². The second-order valence-electron chi connectivity index (χ2n) is 13.2. The third-order valence-corrected chi connectivity index (χ3v) is 9.61. The highest BCUT2D eigenvalue weighted by atomic mass is 16.3. The highest BCUT2D eigenvalue weighted by Gasteiger charge is 2.24. The fraction of sp³-hybridized carbons (Fsp3) is 0.133. The quantitative estimate of drug-likeness (QED) is 0.178. The van der Waals surface area contributed by atoms with Gasteiger partial charge in [-0.05, 0) is 92.0 Å². The molecule has 0 aliphatic rings. The molecule has 3 nitrogen and oxygen atoms in total. The molecule has 9 aromatic rings. The van der Waals surface area contributed by atoms with Crippen LogP contribution in [-0.4, -0.2) is 9.55 Å². The standard InChI is InChI=1S/C45H36N2O/c1-27(2)33-14-10-15-34(28(3)4)43(33)47-41-19-9-8-18-40(41)46-45(47)37-17-11-16-36-39-25-32-21-20-31-24-30(29-12-6-5-7-13-29)22-23-35(31)38(32)26-42(39)48-44(36)37/h5-28H,1-4H3/i5D,6D,7D,12D,13D. The molecule has 0 aliphatic heterocycles. The number of rotatable bonds is 5. The molecule has 2 heterocycles. The molecular weight excluding hydrogens is 585 g/mol. The molecule has 232 valence electrons. The lowest BCUT2D eigenvalue weighted by molar-refractivity contribution is 0.670. The molecule has 0 unspecified atom stereocenters. The van der Waals surface area contributed by atoms with Crippen LogP contribution >= 0.6 is 0 Å². The molecule has 0 fully saturated rings. The summed E-state index contributed by atoms with van der Waals surface area (Å²) < 4.78 is 50.5. The third kappa shape index (κ3) is 4.38. The number of imidazole rings is 1. The molecule has 3 heteroatoms. The number of fused-ring (bicyclic) bond motifs is 7. The van der Waals surface area contributed by atoms with Gasteiger partial charge in [0.25, 0.3) is 0 Å². The van der Waals surface area contributed by atoms with E-state index in [1.54, 1.807) is 0 Å². The summed E-state index contributed by atoms with van der Waals surface area (Å²) in [6.45, 7) is 8.97. The second kappa shape index (κ2) is 11.0.